The molecule has 0 unspecified atom stereocenters. The maximum Gasteiger partial charge on any atom is 0.258 e. The van der Waals surface area contributed by atoms with E-state index in [4.69, 9.17) is 11.6 Å². The minimum Gasteiger partial charge on any atom is -0.363 e. The molecule has 0 aliphatic heterocycles. The fourth-order valence-corrected chi connectivity index (χ4v) is 1.20. The van der Waals surface area contributed by atoms with Crippen LogP contribution in [0.5, 0.6) is 0 Å². The lowest BCUT2D eigenvalue weighted by atomic mass is 10.2. The van der Waals surface area contributed by atoms with Crippen molar-refractivity contribution in [2.24, 2.45) is 0 Å². The summed E-state index contributed by atoms with van der Waals surface area (Å²) in [6.07, 6.45) is 5.62. The van der Waals surface area contributed by atoms with Crippen molar-refractivity contribution in [1.29, 1.82) is 0 Å². The Bertz CT molecular complexity index is 470. The van der Waals surface area contributed by atoms with Crippen LogP contribution in [0.4, 0.5) is 5.69 Å². The Morgan fingerprint density at radius 1 is 1.47 bits per heavy atom. The highest BCUT2D eigenvalue weighted by Gasteiger charge is 2.10. The first-order valence-electron chi connectivity index (χ1n) is 4.07. The minimum absolute atomic E-state index is 0.306. The van der Waals surface area contributed by atoms with Crippen molar-refractivity contribution < 1.29 is 9.32 Å². The number of nitrogens with one attached hydrogen (secondary N) is 1. The zero-order valence-electron chi connectivity index (χ0n) is 7.48. The van der Waals surface area contributed by atoms with Crippen LogP contribution in [0.15, 0.2) is 35.4 Å². The van der Waals surface area contributed by atoms with Crippen molar-refractivity contribution in [3.63, 3.8) is 0 Å². The number of carbonyl (C=O) groups excluding carboxylic acids is 1. The van der Waals surface area contributed by atoms with E-state index in [1.54, 1.807) is 6.07 Å². The first kappa shape index (κ1) is 9.67. The summed E-state index contributed by atoms with van der Waals surface area (Å²) in [7, 11) is 0. The summed E-state index contributed by atoms with van der Waals surface area (Å²) in [5.41, 5.74) is 0.778. The Morgan fingerprint density at radius 2 is 2.33 bits per heavy atom. The molecule has 0 aliphatic rings. The molecule has 5 nitrogen and oxygen atoms in total. The van der Waals surface area contributed by atoms with Gasteiger partial charge in [-0.1, -0.05) is 16.8 Å². The molecule has 2 aromatic heterocycles. The van der Waals surface area contributed by atoms with Gasteiger partial charge in [-0.25, -0.2) is 0 Å². The normalized spacial score (nSPS) is 9.93. The number of aromatic nitrogens is 2. The Labute approximate surface area is 90.1 Å². The van der Waals surface area contributed by atoms with Crippen LogP contribution < -0.4 is 5.32 Å². The van der Waals surface area contributed by atoms with Crippen molar-refractivity contribution >= 4 is 23.2 Å². The van der Waals surface area contributed by atoms with Crippen molar-refractivity contribution in [3.05, 3.63) is 41.5 Å². The first-order valence-corrected chi connectivity index (χ1v) is 4.45. The van der Waals surface area contributed by atoms with Gasteiger partial charge in [0.05, 0.1) is 16.8 Å². The van der Waals surface area contributed by atoms with Gasteiger partial charge in [-0.2, -0.15) is 0 Å². The topological polar surface area (TPSA) is 68.0 Å². The van der Waals surface area contributed by atoms with Gasteiger partial charge in [0.15, 0.2) is 0 Å². The fourth-order valence-electron chi connectivity index (χ4n) is 1.01. The van der Waals surface area contributed by atoms with Crippen molar-refractivity contribution in [1.82, 2.24) is 10.1 Å². The predicted octanol–water partition coefficient (Wildman–Crippen LogP) is 1.98. The molecule has 1 amide bonds. The van der Waals surface area contributed by atoms with Crippen LogP contribution in [-0.4, -0.2) is 16.0 Å². The number of rotatable bonds is 2. The van der Waals surface area contributed by atoms with E-state index >= 15 is 0 Å². The second-order valence-electron chi connectivity index (χ2n) is 2.72. The number of hydrogen-bond acceptors (Lipinski definition) is 4. The molecule has 6 heteroatoms. The third-order valence-corrected chi connectivity index (χ3v) is 2.03. The van der Waals surface area contributed by atoms with E-state index in [2.05, 4.69) is 20.0 Å². The molecule has 76 valence electrons. The van der Waals surface area contributed by atoms with Crippen molar-refractivity contribution in [2.75, 3.05) is 5.32 Å². The van der Waals surface area contributed by atoms with Crippen LogP contribution in [0.3, 0.4) is 0 Å². The number of nitrogens with zero attached hydrogens (tertiary/aromatic N) is 2. The number of amides is 1. The molecule has 0 atom stereocenters. The first-order chi connectivity index (χ1) is 7.27. The molecule has 0 bridgehead atoms. The summed E-state index contributed by atoms with van der Waals surface area (Å²) in [5.74, 6) is -0.351. The van der Waals surface area contributed by atoms with E-state index in [1.165, 1.54) is 24.9 Å². The Balaban J connectivity index is 2.19. The summed E-state index contributed by atoms with van der Waals surface area (Å²) in [6, 6.07) is 1.55. The predicted molar refractivity (Wildman–Crippen MR) is 53.7 cm³/mol. The summed E-state index contributed by atoms with van der Waals surface area (Å²) >= 11 is 5.82. The quantitative estimate of drug-likeness (QED) is 0.845. The third kappa shape index (κ3) is 2.13. The minimum atomic E-state index is -0.351. The van der Waals surface area contributed by atoms with Crippen LogP contribution >= 0.6 is 11.6 Å². The van der Waals surface area contributed by atoms with E-state index in [1.807, 2.05) is 0 Å². The summed E-state index contributed by atoms with van der Waals surface area (Å²) in [6.45, 7) is 0. The van der Waals surface area contributed by atoms with E-state index in [9.17, 15) is 4.79 Å². The van der Waals surface area contributed by atoms with E-state index < -0.39 is 0 Å². The lowest BCUT2D eigenvalue weighted by Crippen LogP contribution is -2.12. The molecule has 0 aliphatic carbocycles. The molecular weight excluding hydrogens is 218 g/mol. The fraction of sp³-hybridized carbons (Fsp3) is 0. The molecule has 0 radical (unpaired) electrons. The zero-order chi connectivity index (χ0) is 10.7. The van der Waals surface area contributed by atoms with Gasteiger partial charge >= 0.3 is 0 Å². The second kappa shape index (κ2) is 4.10. The maximum absolute atomic E-state index is 11.6. The van der Waals surface area contributed by atoms with Crippen molar-refractivity contribution in [2.45, 2.75) is 0 Å². The van der Waals surface area contributed by atoms with Crippen LogP contribution in [0.2, 0.25) is 5.02 Å². The smallest absolute Gasteiger partial charge is 0.258 e. The molecule has 0 saturated carbocycles. The highest BCUT2D eigenvalue weighted by atomic mass is 35.5. The Kier molecular flexibility index (Phi) is 2.64. The molecule has 0 fully saturated rings. The SMILES string of the molecule is O=C(Nc1cnoc1)c1cnccc1Cl. The Hall–Kier alpha value is -1.88. The van der Waals surface area contributed by atoms with E-state index in [-0.39, 0.29) is 5.91 Å². The average Bonchev–Trinajstić information content (AvgIpc) is 2.71. The van der Waals surface area contributed by atoms with Gasteiger partial charge in [-0.05, 0) is 6.07 Å². The van der Waals surface area contributed by atoms with Gasteiger partial charge in [0.25, 0.3) is 5.91 Å². The van der Waals surface area contributed by atoms with Gasteiger partial charge in [-0.15, -0.1) is 0 Å². The molecule has 0 spiro atoms. The number of anilines is 1. The number of hydrogen-bond donors (Lipinski definition) is 1. The van der Waals surface area contributed by atoms with Gasteiger partial charge in [0.1, 0.15) is 12.0 Å². The molecule has 2 rings (SSSR count). The van der Waals surface area contributed by atoms with Crippen LogP contribution in [0, 0.1) is 0 Å². The number of carbonyl (C=O) groups is 1. The van der Waals surface area contributed by atoms with E-state index in [0.717, 1.165) is 0 Å². The summed E-state index contributed by atoms with van der Waals surface area (Å²) in [4.78, 5) is 15.4. The van der Waals surface area contributed by atoms with Crippen molar-refractivity contribution in [3.8, 4) is 0 Å². The lowest BCUT2D eigenvalue weighted by Gasteiger charge is -2.02. The van der Waals surface area contributed by atoms with Gasteiger partial charge in [-0.3, -0.25) is 9.78 Å². The van der Waals surface area contributed by atoms with Crippen LogP contribution in [0.25, 0.3) is 0 Å². The maximum atomic E-state index is 11.6. The number of pyridine rings is 1. The summed E-state index contributed by atoms with van der Waals surface area (Å²) < 4.78 is 4.57. The standard InChI is InChI=1S/C9H6ClN3O2/c10-8-1-2-11-4-7(8)9(14)13-6-3-12-15-5-6/h1-5H,(H,13,14). The van der Waals surface area contributed by atoms with Crippen LogP contribution in [0.1, 0.15) is 10.4 Å². The monoisotopic (exact) mass is 223 g/mol. The van der Waals surface area contributed by atoms with Gasteiger partial charge in [0, 0.05) is 12.4 Å². The molecule has 0 aromatic carbocycles. The van der Waals surface area contributed by atoms with Gasteiger partial charge in [0.2, 0.25) is 0 Å². The van der Waals surface area contributed by atoms with Gasteiger partial charge < -0.3 is 9.84 Å². The second-order valence-corrected chi connectivity index (χ2v) is 3.13. The third-order valence-electron chi connectivity index (χ3n) is 1.70. The molecule has 2 heterocycles. The highest BCUT2D eigenvalue weighted by Crippen LogP contribution is 2.15. The lowest BCUT2D eigenvalue weighted by molar-refractivity contribution is 0.102. The molecular formula is C9H6ClN3O2. The Morgan fingerprint density at radius 3 is 3.00 bits per heavy atom. The molecule has 1 N–H and O–H groups in total. The summed E-state index contributed by atoms with van der Waals surface area (Å²) in [5, 5.41) is 6.36. The largest absolute Gasteiger partial charge is 0.363 e. The molecule has 15 heavy (non-hydrogen) atoms. The molecule has 0 saturated heterocycles. The van der Waals surface area contributed by atoms with E-state index in [0.29, 0.717) is 16.3 Å². The highest BCUT2D eigenvalue weighted by molar-refractivity contribution is 6.34. The molecule has 2 aromatic rings. The van der Waals surface area contributed by atoms with Crippen LogP contribution in [-0.2, 0) is 0 Å². The average molecular weight is 224 g/mol. The zero-order valence-corrected chi connectivity index (χ0v) is 8.23. The number of halogens is 1.